The number of halogens is 1. The molecule has 0 aromatic heterocycles. The lowest BCUT2D eigenvalue weighted by molar-refractivity contribution is -0.132. The summed E-state index contributed by atoms with van der Waals surface area (Å²) in [6.07, 6.45) is 0.605. The van der Waals surface area contributed by atoms with Crippen LogP contribution in [0.2, 0.25) is 0 Å². The van der Waals surface area contributed by atoms with E-state index in [1.165, 1.54) is 5.56 Å². The Kier molecular flexibility index (Phi) is 7.72. The molecule has 1 N–H and O–H groups in total. The summed E-state index contributed by atoms with van der Waals surface area (Å²) in [4.78, 5) is 16.3. The zero-order valence-corrected chi connectivity index (χ0v) is 13.7. The Hall–Kier alpha value is -1.10. The van der Waals surface area contributed by atoms with Crippen LogP contribution in [0.3, 0.4) is 0 Å². The molecule has 1 heterocycles. The van der Waals surface area contributed by atoms with Crippen LogP contribution in [0.4, 0.5) is 0 Å². The summed E-state index contributed by atoms with van der Waals surface area (Å²) in [6, 6.07) is 10.8. The van der Waals surface area contributed by atoms with Gasteiger partial charge < -0.3 is 10.2 Å². The third-order valence-corrected chi connectivity index (χ3v) is 4.09. The Morgan fingerprint density at radius 1 is 1.29 bits per heavy atom. The van der Waals surface area contributed by atoms with E-state index in [1.54, 1.807) is 0 Å². The van der Waals surface area contributed by atoms with Crippen LogP contribution in [-0.2, 0) is 4.79 Å². The molecule has 0 radical (unpaired) electrons. The number of hydrogen-bond donors (Lipinski definition) is 1. The van der Waals surface area contributed by atoms with Gasteiger partial charge in [-0.25, -0.2) is 0 Å². The maximum Gasteiger partial charge on any atom is 0.223 e. The molecule has 1 aromatic rings. The number of amides is 1. The molecule has 1 aliphatic heterocycles. The summed E-state index contributed by atoms with van der Waals surface area (Å²) < 4.78 is 0. The molecule has 21 heavy (non-hydrogen) atoms. The summed E-state index contributed by atoms with van der Waals surface area (Å²) >= 11 is 0. The molecule has 1 unspecified atom stereocenters. The van der Waals surface area contributed by atoms with E-state index < -0.39 is 0 Å². The Labute approximate surface area is 133 Å². The number of piperazine rings is 1. The second-order valence-corrected chi connectivity index (χ2v) is 5.45. The molecule has 0 spiro atoms. The van der Waals surface area contributed by atoms with Gasteiger partial charge in [0.2, 0.25) is 5.91 Å². The highest BCUT2D eigenvalue weighted by molar-refractivity contribution is 5.85. The minimum Gasteiger partial charge on any atom is -0.340 e. The van der Waals surface area contributed by atoms with Gasteiger partial charge in [0.1, 0.15) is 0 Å². The molecule has 4 nitrogen and oxygen atoms in total. The number of carbonyl (C=O) groups is 1. The molecule has 1 aliphatic rings. The summed E-state index contributed by atoms with van der Waals surface area (Å²) in [5, 5.41) is 3.27. The Bertz CT molecular complexity index is 421. The SMILES string of the molecule is CC(c1ccccc1)N(C)CCC(=O)N1CCNCC1.Cl. The van der Waals surface area contributed by atoms with Crippen molar-refractivity contribution in [3.63, 3.8) is 0 Å². The van der Waals surface area contributed by atoms with E-state index in [4.69, 9.17) is 0 Å². The van der Waals surface area contributed by atoms with Crippen LogP contribution >= 0.6 is 12.4 Å². The molecule has 118 valence electrons. The first-order chi connectivity index (χ1) is 9.68. The van der Waals surface area contributed by atoms with Crippen molar-refractivity contribution in [3.8, 4) is 0 Å². The molecule has 1 fully saturated rings. The fourth-order valence-corrected chi connectivity index (χ4v) is 2.52. The molecule has 2 rings (SSSR count). The Morgan fingerprint density at radius 3 is 2.52 bits per heavy atom. The van der Waals surface area contributed by atoms with E-state index in [1.807, 2.05) is 11.0 Å². The van der Waals surface area contributed by atoms with Gasteiger partial charge in [0.15, 0.2) is 0 Å². The zero-order chi connectivity index (χ0) is 14.4. The van der Waals surface area contributed by atoms with Gasteiger partial charge in [-0.1, -0.05) is 30.3 Å². The summed E-state index contributed by atoms with van der Waals surface area (Å²) in [7, 11) is 2.09. The van der Waals surface area contributed by atoms with Crippen LogP contribution in [0.15, 0.2) is 30.3 Å². The quantitative estimate of drug-likeness (QED) is 0.902. The largest absolute Gasteiger partial charge is 0.340 e. The van der Waals surface area contributed by atoms with E-state index in [2.05, 4.69) is 48.5 Å². The summed E-state index contributed by atoms with van der Waals surface area (Å²) in [6.45, 7) is 6.51. The molecule has 1 aromatic carbocycles. The lowest BCUT2D eigenvalue weighted by Crippen LogP contribution is -2.47. The second kappa shape index (κ2) is 9.03. The monoisotopic (exact) mass is 311 g/mol. The number of nitrogens with zero attached hydrogens (tertiary/aromatic N) is 2. The van der Waals surface area contributed by atoms with Crippen LogP contribution in [0.5, 0.6) is 0 Å². The molecule has 1 saturated heterocycles. The average Bonchev–Trinajstić information content (AvgIpc) is 2.53. The van der Waals surface area contributed by atoms with Gasteiger partial charge in [0.05, 0.1) is 0 Å². The van der Waals surface area contributed by atoms with Crippen molar-refractivity contribution in [3.05, 3.63) is 35.9 Å². The molecular weight excluding hydrogens is 286 g/mol. The van der Waals surface area contributed by atoms with Gasteiger partial charge in [0, 0.05) is 45.2 Å². The fraction of sp³-hybridized carbons (Fsp3) is 0.562. The zero-order valence-electron chi connectivity index (χ0n) is 12.9. The fourth-order valence-electron chi connectivity index (χ4n) is 2.52. The number of carbonyl (C=O) groups excluding carboxylic acids is 1. The lowest BCUT2D eigenvalue weighted by Gasteiger charge is -2.29. The van der Waals surface area contributed by atoms with Gasteiger partial charge in [0.25, 0.3) is 0 Å². The van der Waals surface area contributed by atoms with Crippen molar-refractivity contribution in [1.29, 1.82) is 0 Å². The smallest absolute Gasteiger partial charge is 0.223 e. The van der Waals surface area contributed by atoms with E-state index >= 15 is 0 Å². The third-order valence-electron chi connectivity index (χ3n) is 4.09. The normalized spacial score (nSPS) is 16.4. The second-order valence-electron chi connectivity index (χ2n) is 5.45. The Morgan fingerprint density at radius 2 is 1.90 bits per heavy atom. The predicted molar refractivity (Wildman–Crippen MR) is 88.8 cm³/mol. The van der Waals surface area contributed by atoms with Crippen LogP contribution in [0.25, 0.3) is 0 Å². The number of benzene rings is 1. The minimum absolute atomic E-state index is 0. The van der Waals surface area contributed by atoms with E-state index in [9.17, 15) is 4.79 Å². The van der Waals surface area contributed by atoms with Gasteiger partial charge in [-0.2, -0.15) is 0 Å². The number of rotatable bonds is 5. The van der Waals surface area contributed by atoms with Gasteiger partial charge in [-0.3, -0.25) is 9.69 Å². The van der Waals surface area contributed by atoms with Gasteiger partial charge >= 0.3 is 0 Å². The van der Waals surface area contributed by atoms with Crippen molar-refractivity contribution in [2.45, 2.75) is 19.4 Å². The first kappa shape index (κ1) is 18.0. The van der Waals surface area contributed by atoms with Crippen LogP contribution in [-0.4, -0.2) is 55.5 Å². The lowest BCUT2D eigenvalue weighted by atomic mass is 10.1. The van der Waals surface area contributed by atoms with E-state index in [-0.39, 0.29) is 18.3 Å². The van der Waals surface area contributed by atoms with Crippen molar-refractivity contribution in [2.24, 2.45) is 0 Å². The predicted octanol–water partition coefficient (Wildman–Crippen LogP) is 1.92. The van der Waals surface area contributed by atoms with Crippen molar-refractivity contribution in [1.82, 2.24) is 15.1 Å². The van der Waals surface area contributed by atoms with Crippen LogP contribution in [0.1, 0.15) is 24.9 Å². The minimum atomic E-state index is 0. The maximum atomic E-state index is 12.1. The average molecular weight is 312 g/mol. The van der Waals surface area contributed by atoms with E-state index in [0.29, 0.717) is 12.5 Å². The molecular formula is C16H26ClN3O. The van der Waals surface area contributed by atoms with Crippen molar-refractivity contribution >= 4 is 18.3 Å². The molecule has 0 aliphatic carbocycles. The first-order valence-electron chi connectivity index (χ1n) is 7.42. The highest BCUT2D eigenvalue weighted by Crippen LogP contribution is 2.18. The van der Waals surface area contributed by atoms with Crippen molar-refractivity contribution < 1.29 is 4.79 Å². The first-order valence-corrected chi connectivity index (χ1v) is 7.42. The molecule has 5 heteroatoms. The molecule has 1 atom stereocenters. The van der Waals surface area contributed by atoms with Gasteiger partial charge in [-0.05, 0) is 19.5 Å². The standard InChI is InChI=1S/C16H25N3O.ClH/c1-14(15-6-4-3-5-7-15)18(2)11-8-16(20)19-12-9-17-10-13-19;/h3-7,14,17H,8-13H2,1-2H3;1H. The van der Waals surface area contributed by atoms with Gasteiger partial charge in [-0.15, -0.1) is 12.4 Å². The topological polar surface area (TPSA) is 35.6 Å². The molecule has 0 bridgehead atoms. The highest BCUT2D eigenvalue weighted by atomic mass is 35.5. The van der Waals surface area contributed by atoms with Crippen LogP contribution in [0, 0.1) is 0 Å². The van der Waals surface area contributed by atoms with E-state index in [0.717, 1.165) is 32.7 Å². The van der Waals surface area contributed by atoms with Crippen LogP contribution < -0.4 is 5.32 Å². The summed E-state index contributed by atoms with van der Waals surface area (Å²) in [5.41, 5.74) is 1.30. The molecule has 1 amide bonds. The number of hydrogen-bond acceptors (Lipinski definition) is 3. The highest BCUT2D eigenvalue weighted by Gasteiger charge is 2.18. The summed E-state index contributed by atoms with van der Waals surface area (Å²) in [5.74, 6) is 0.276. The molecule has 0 saturated carbocycles. The van der Waals surface area contributed by atoms with Crippen molar-refractivity contribution in [2.75, 3.05) is 39.8 Å². The third kappa shape index (κ3) is 5.30. The number of nitrogens with one attached hydrogen (secondary N) is 1. The Balaban J connectivity index is 0.00000220. The maximum absolute atomic E-state index is 12.1.